The first-order valence-corrected chi connectivity index (χ1v) is 8.50. The summed E-state index contributed by atoms with van der Waals surface area (Å²) in [6.45, 7) is 2.06. The van der Waals surface area contributed by atoms with Crippen LogP contribution >= 0.6 is 0 Å². The number of fused-ring (bicyclic) bond motifs is 1. The summed E-state index contributed by atoms with van der Waals surface area (Å²) in [4.78, 5) is 25.7. The molecular weight excluding hydrogens is 309 g/mol. The monoisotopic (exact) mass is 333 g/mol. The fourth-order valence-electron chi connectivity index (χ4n) is 4.30. The Morgan fingerprint density at radius 1 is 1.42 bits per heavy atom. The minimum Gasteiger partial charge on any atom is -0.369 e. The largest absolute Gasteiger partial charge is 0.369 e. The molecule has 3 atom stereocenters. The Morgan fingerprint density at radius 2 is 2.17 bits per heavy atom. The van der Waals surface area contributed by atoms with Crippen LogP contribution in [0, 0.1) is 5.82 Å². The molecule has 3 N–H and O–H groups in total. The third kappa shape index (κ3) is 3.15. The van der Waals surface area contributed by atoms with Gasteiger partial charge < -0.3 is 11.1 Å². The van der Waals surface area contributed by atoms with Crippen LogP contribution in [0.4, 0.5) is 4.39 Å². The highest BCUT2D eigenvalue weighted by atomic mass is 19.1. The first-order chi connectivity index (χ1) is 11.4. The molecule has 0 bridgehead atoms. The summed E-state index contributed by atoms with van der Waals surface area (Å²) in [5.41, 5.74) is 5.52. The van der Waals surface area contributed by atoms with Crippen LogP contribution < -0.4 is 11.1 Å². The first-order valence-electron chi connectivity index (χ1n) is 8.50. The molecule has 6 heteroatoms. The molecule has 130 valence electrons. The number of nitrogens with one attached hydrogen (secondary N) is 1. The number of likely N-dealkylation sites (tertiary alicyclic amines) is 1. The lowest BCUT2D eigenvalue weighted by Gasteiger charge is -2.37. The zero-order valence-electron chi connectivity index (χ0n) is 13.9. The third-order valence-corrected chi connectivity index (χ3v) is 5.31. The van der Waals surface area contributed by atoms with E-state index in [1.54, 1.807) is 18.2 Å². The van der Waals surface area contributed by atoms with Gasteiger partial charge >= 0.3 is 0 Å². The van der Waals surface area contributed by atoms with Crippen molar-refractivity contribution in [3.8, 4) is 0 Å². The molecule has 24 heavy (non-hydrogen) atoms. The predicted molar refractivity (Wildman–Crippen MR) is 88.5 cm³/mol. The molecule has 2 saturated heterocycles. The van der Waals surface area contributed by atoms with Gasteiger partial charge in [-0.25, -0.2) is 4.39 Å². The quantitative estimate of drug-likeness (QED) is 0.887. The van der Waals surface area contributed by atoms with Crippen LogP contribution in [0.25, 0.3) is 0 Å². The van der Waals surface area contributed by atoms with Crippen molar-refractivity contribution in [2.75, 3.05) is 6.54 Å². The van der Waals surface area contributed by atoms with Gasteiger partial charge in [-0.05, 0) is 32.3 Å². The van der Waals surface area contributed by atoms with Gasteiger partial charge in [0.2, 0.25) is 11.8 Å². The fraction of sp³-hybridized carbons (Fsp3) is 0.556. The maximum absolute atomic E-state index is 14.4. The molecule has 1 aromatic rings. The predicted octanol–water partition coefficient (Wildman–Crippen LogP) is 1.88. The molecule has 0 aromatic heterocycles. The number of rotatable bonds is 3. The Kier molecular flexibility index (Phi) is 4.58. The topological polar surface area (TPSA) is 75.4 Å². The van der Waals surface area contributed by atoms with E-state index in [1.807, 2.05) is 11.8 Å². The fourth-order valence-corrected chi connectivity index (χ4v) is 4.30. The zero-order valence-corrected chi connectivity index (χ0v) is 13.9. The lowest BCUT2D eigenvalue weighted by atomic mass is 9.85. The second kappa shape index (κ2) is 6.51. The van der Waals surface area contributed by atoms with Gasteiger partial charge in [0.05, 0.1) is 12.1 Å². The lowest BCUT2D eigenvalue weighted by Crippen LogP contribution is -2.56. The van der Waals surface area contributed by atoms with Crippen molar-refractivity contribution in [2.24, 2.45) is 5.73 Å². The number of primary amides is 1. The van der Waals surface area contributed by atoms with E-state index in [0.717, 1.165) is 19.3 Å². The molecule has 0 radical (unpaired) electrons. The van der Waals surface area contributed by atoms with Crippen molar-refractivity contribution in [1.82, 2.24) is 10.2 Å². The van der Waals surface area contributed by atoms with Crippen LogP contribution in [0.1, 0.15) is 50.6 Å². The van der Waals surface area contributed by atoms with Crippen LogP contribution in [0.15, 0.2) is 24.3 Å². The molecule has 2 heterocycles. The molecule has 5 nitrogen and oxygen atoms in total. The minimum atomic E-state index is -0.486. The molecule has 0 unspecified atom stereocenters. The highest BCUT2D eigenvalue weighted by Gasteiger charge is 2.51. The Labute approximate surface area is 141 Å². The van der Waals surface area contributed by atoms with Crippen LogP contribution in [0.3, 0.4) is 0 Å². The van der Waals surface area contributed by atoms with Gasteiger partial charge in [-0.15, -0.1) is 0 Å². The second-order valence-electron chi connectivity index (χ2n) is 7.11. The van der Waals surface area contributed by atoms with E-state index in [1.165, 1.54) is 6.07 Å². The van der Waals surface area contributed by atoms with Crippen molar-refractivity contribution in [2.45, 2.75) is 56.7 Å². The zero-order chi connectivity index (χ0) is 17.3. The van der Waals surface area contributed by atoms with Crippen LogP contribution in [0.2, 0.25) is 0 Å². The van der Waals surface area contributed by atoms with Crippen molar-refractivity contribution in [3.05, 3.63) is 35.6 Å². The summed E-state index contributed by atoms with van der Waals surface area (Å²) in [6.07, 6.45) is 3.68. The lowest BCUT2D eigenvalue weighted by molar-refractivity contribution is -0.123. The maximum atomic E-state index is 14.4. The Morgan fingerprint density at radius 3 is 2.88 bits per heavy atom. The highest BCUT2D eigenvalue weighted by molar-refractivity contribution is 5.78. The van der Waals surface area contributed by atoms with E-state index < -0.39 is 11.4 Å². The van der Waals surface area contributed by atoms with Gasteiger partial charge in [0, 0.05) is 24.1 Å². The molecule has 2 amide bonds. The molecule has 2 aliphatic rings. The van der Waals surface area contributed by atoms with E-state index in [4.69, 9.17) is 5.73 Å². The summed E-state index contributed by atoms with van der Waals surface area (Å²) in [5.74, 6) is -0.703. The van der Waals surface area contributed by atoms with Crippen molar-refractivity contribution in [3.63, 3.8) is 0 Å². The van der Waals surface area contributed by atoms with Gasteiger partial charge in [0.1, 0.15) is 5.82 Å². The Hall–Kier alpha value is -1.95. The number of carbonyl (C=O) groups excluding carboxylic acids is 2. The van der Waals surface area contributed by atoms with Crippen molar-refractivity contribution < 1.29 is 14.0 Å². The van der Waals surface area contributed by atoms with Crippen LogP contribution in [-0.2, 0) is 9.59 Å². The average Bonchev–Trinajstić information content (AvgIpc) is 2.74. The molecular formula is C18H24FN3O2. The van der Waals surface area contributed by atoms with Crippen LogP contribution in [0.5, 0.6) is 0 Å². The maximum Gasteiger partial charge on any atom is 0.231 e. The summed E-state index contributed by atoms with van der Waals surface area (Å²) in [5, 5.41) is 3.12. The standard InChI is InChI=1S/C18H24FN3O2/c1-18-10-14(12-6-2-3-7-13(12)19)22(11-16(20)23)15(18)8-4-5-9-17(24)21-18/h2-3,6-7,14-15H,4-5,8-11H2,1H3,(H2,20,23)(H,21,24)/t14-,15-,18-/m0/s1. The number of amides is 2. The van der Waals surface area contributed by atoms with E-state index in [0.29, 0.717) is 18.4 Å². The number of hydrogen-bond acceptors (Lipinski definition) is 3. The van der Waals surface area contributed by atoms with Crippen molar-refractivity contribution >= 4 is 11.8 Å². The Bertz CT molecular complexity index is 651. The average molecular weight is 333 g/mol. The number of nitrogens with zero attached hydrogens (tertiary/aromatic N) is 1. The smallest absolute Gasteiger partial charge is 0.231 e. The number of nitrogens with two attached hydrogens (primary N) is 1. The normalized spacial score (nSPS) is 31.0. The van der Waals surface area contributed by atoms with E-state index in [9.17, 15) is 14.0 Å². The van der Waals surface area contributed by atoms with Gasteiger partial charge in [-0.1, -0.05) is 24.6 Å². The summed E-state index contributed by atoms with van der Waals surface area (Å²) < 4.78 is 14.4. The summed E-state index contributed by atoms with van der Waals surface area (Å²) in [6, 6.07) is 6.32. The molecule has 2 aliphatic heterocycles. The van der Waals surface area contributed by atoms with E-state index in [-0.39, 0.29) is 30.4 Å². The Balaban J connectivity index is 2.00. The number of carbonyl (C=O) groups is 2. The number of halogens is 1. The van der Waals surface area contributed by atoms with Gasteiger partial charge in [0.15, 0.2) is 0 Å². The van der Waals surface area contributed by atoms with Crippen molar-refractivity contribution in [1.29, 1.82) is 0 Å². The highest BCUT2D eigenvalue weighted by Crippen LogP contribution is 2.45. The van der Waals surface area contributed by atoms with E-state index >= 15 is 0 Å². The molecule has 1 aromatic carbocycles. The van der Waals surface area contributed by atoms with Gasteiger partial charge in [-0.3, -0.25) is 14.5 Å². The van der Waals surface area contributed by atoms with Gasteiger partial charge in [0.25, 0.3) is 0 Å². The second-order valence-corrected chi connectivity index (χ2v) is 7.11. The first kappa shape index (κ1) is 16.9. The molecule has 2 fully saturated rings. The van der Waals surface area contributed by atoms with Gasteiger partial charge in [-0.2, -0.15) is 0 Å². The number of benzene rings is 1. The third-order valence-electron chi connectivity index (χ3n) is 5.31. The summed E-state index contributed by atoms with van der Waals surface area (Å²) >= 11 is 0. The van der Waals surface area contributed by atoms with Crippen LogP contribution in [-0.4, -0.2) is 34.8 Å². The molecule has 0 saturated carbocycles. The summed E-state index contributed by atoms with van der Waals surface area (Å²) in [7, 11) is 0. The minimum absolute atomic E-state index is 0.0235. The molecule has 0 aliphatic carbocycles. The molecule has 0 spiro atoms. The van der Waals surface area contributed by atoms with E-state index in [2.05, 4.69) is 5.32 Å². The number of hydrogen-bond donors (Lipinski definition) is 2. The SMILES string of the molecule is C[C@]12C[C@@H](c3ccccc3F)N(CC(N)=O)[C@H]1CCCCC(=O)N2. The molecule has 3 rings (SSSR count).